The van der Waals surface area contributed by atoms with Gasteiger partial charge in [-0.05, 0) is 35.9 Å². The van der Waals surface area contributed by atoms with E-state index in [0.29, 0.717) is 11.5 Å². The predicted octanol–water partition coefficient (Wildman–Crippen LogP) is 3.21. The summed E-state index contributed by atoms with van der Waals surface area (Å²) >= 11 is 1.44. The number of hydrogen-bond acceptors (Lipinski definition) is 6. The van der Waals surface area contributed by atoms with Crippen LogP contribution in [0.1, 0.15) is 5.56 Å². The number of carbonyl (C=O) groups excluding carboxylic acids is 1. The second kappa shape index (κ2) is 7.45. The Balaban J connectivity index is 1.34. The molecule has 1 aliphatic rings. The Hall–Kier alpha value is -3.06. The third kappa shape index (κ3) is 3.62. The zero-order valence-corrected chi connectivity index (χ0v) is 14.5. The molecule has 26 heavy (non-hydrogen) atoms. The molecule has 0 radical (unpaired) electrons. The van der Waals surface area contributed by atoms with E-state index in [1.54, 1.807) is 12.4 Å². The van der Waals surface area contributed by atoms with E-state index in [9.17, 15) is 4.79 Å². The van der Waals surface area contributed by atoms with Gasteiger partial charge in [-0.15, -0.1) is 11.8 Å². The summed E-state index contributed by atoms with van der Waals surface area (Å²) < 4.78 is 10.6. The van der Waals surface area contributed by atoms with E-state index < -0.39 is 0 Å². The summed E-state index contributed by atoms with van der Waals surface area (Å²) in [7, 11) is 0. The third-order valence-electron chi connectivity index (χ3n) is 3.75. The highest BCUT2D eigenvalue weighted by molar-refractivity contribution is 8.00. The summed E-state index contributed by atoms with van der Waals surface area (Å²) in [5.74, 6) is 1.47. The molecule has 0 atom stereocenters. The number of aromatic nitrogens is 1. The van der Waals surface area contributed by atoms with E-state index in [1.165, 1.54) is 11.8 Å². The lowest BCUT2D eigenvalue weighted by Gasteiger charge is -2.04. The highest BCUT2D eigenvalue weighted by atomic mass is 32.2. The molecule has 0 spiro atoms. The number of nitrogens with zero attached hydrogens (tertiary/aromatic N) is 2. The maximum Gasteiger partial charge on any atom is 0.250 e. The van der Waals surface area contributed by atoms with Crippen LogP contribution in [0, 0.1) is 0 Å². The van der Waals surface area contributed by atoms with E-state index in [4.69, 9.17) is 9.47 Å². The highest BCUT2D eigenvalue weighted by Gasteiger charge is 2.12. The molecule has 0 aliphatic carbocycles. The molecule has 130 valence electrons. The average Bonchev–Trinajstić information content (AvgIpc) is 3.14. The molecular formula is C19H15N3O3S. The van der Waals surface area contributed by atoms with Crippen LogP contribution in [0.25, 0.3) is 10.9 Å². The van der Waals surface area contributed by atoms with Crippen LogP contribution in [0.4, 0.5) is 0 Å². The summed E-state index contributed by atoms with van der Waals surface area (Å²) in [4.78, 5) is 17.4. The van der Waals surface area contributed by atoms with Crippen LogP contribution < -0.4 is 14.9 Å². The summed E-state index contributed by atoms with van der Waals surface area (Å²) in [6.07, 6.45) is 3.33. The molecule has 1 aliphatic heterocycles. The SMILES string of the molecule is O=C(CSc1cccc2cccnc12)NN=Cc1ccc2c(c1)OCO2. The normalized spacial score (nSPS) is 12.6. The molecule has 4 rings (SSSR count). The van der Waals surface area contributed by atoms with Crippen molar-refractivity contribution in [2.75, 3.05) is 12.5 Å². The van der Waals surface area contributed by atoms with E-state index in [2.05, 4.69) is 15.5 Å². The van der Waals surface area contributed by atoms with Crippen LogP contribution in [-0.2, 0) is 4.79 Å². The van der Waals surface area contributed by atoms with Gasteiger partial charge in [0.2, 0.25) is 12.7 Å². The van der Waals surface area contributed by atoms with Crippen molar-refractivity contribution in [1.29, 1.82) is 0 Å². The maximum atomic E-state index is 12.0. The number of benzene rings is 2. The van der Waals surface area contributed by atoms with Crippen LogP contribution in [-0.4, -0.2) is 29.7 Å². The lowest BCUT2D eigenvalue weighted by Crippen LogP contribution is -2.19. The van der Waals surface area contributed by atoms with E-state index in [-0.39, 0.29) is 18.5 Å². The Bertz CT molecular complexity index is 985. The van der Waals surface area contributed by atoms with Crippen molar-refractivity contribution < 1.29 is 14.3 Å². The number of pyridine rings is 1. The highest BCUT2D eigenvalue weighted by Crippen LogP contribution is 2.32. The largest absolute Gasteiger partial charge is 0.454 e. The number of ether oxygens (including phenoxy) is 2. The van der Waals surface area contributed by atoms with Gasteiger partial charge >= 0.3 is 0 Å². The molecule has 3 aromatic rings. The summed E-state index contributed by atoms with van der Waals surface area (Å²) in [5.41, 5.74) is 4.25. The van der Waals surface area contributed by atoms with Crippen molar-refractivity contribution in [3.8, 4) is 11.5 Å². The minimum absolute atomic E-state index is 0.181. The van der Waals surface area contributed by atoms with Crippen LogP contribution in [0.15, 0.2) is 64.7 Å². The first-order chi connectivity index (χ1) is 12.8. The molecule has 1 amide bonds. The quantitative estimate of drug-likeness (QED) is 0.427. The second-order valence-corrected chi connectivity index (χ2v) is 6.54. The minimum Gasteiger partial charge on any atom is -0.454 e. The number of nitrogens with one attached hydrogen (secondary N) is 1. The van der Waals surface area contributed by atoms with Crippen LogP contribution in [0.5, 0.6) is 11.5 Å². The Morgan fingerprint density at radius 1 is 1.19 bits per heavy atom. The van der Waals surface area contributed by atoms with Gasteiger partial charge < -0.3 is 9.47 Å². The van der Waals surface area contributed by atoms with Gasteiger partial charge in [0.25, 0.3) is 0 Å². The Labute approximate surface area is 154 Å². The average molecular weight is 365 g/mol. The first-order valence-corrected chi connectivity index (χ1v) is 8.96. The summed E-state index contributed by atoms with van der Waals surface area (Å²) in [5, 5.41) is 5.05. The number of carbonyl (C=O) groups is 1. The molecule has 0 fully saturated rings. The van der Waals surface area contributed by atoms with Crippen molar-refractivity contribution in [2.24, 2.45) is 5.10 Å². The number of para-hydroxylation sites is 1. The van der Waals surface area contributed by atoms with E-state index in [1.807, 2.05) is 48.5 Å². The molecule has 1 N–H and O–H groups in total. The maximum absolute atomic E-state index is 12.0. The van der Waals surface area contributed by atoms with Gasteiger partial charge in [-0.2, -0.15) is 5.10 Å². The fourth-order valence-electron chi connectivity index (χ4n) is 2.54. The molecule has 0 saturated heterocycles. The monoisotopic (exact) mass is 365 g/mol. The van der Waals surface area contributed by atoms with Crippen LogP contribution in [0.2, 0.25) is 0 Å². The third-order valence-corrected chi connectivity index (χ3v) is 4.80. The molecule has 6 nitrogen and oxygen atoms in total. The van der Waals surface area contributed by atoms with Crippen molar-refractivity contribution in [3.63, 3.8) is 0 Å². The first kappa shape index (κ1) is 16.4. The molecule has 1 aromatic heterocycles. The Kier molecular flexibility index (Phi) is 4.70. The minimum atomic E-state index is -0.181. The van der Waals surface area contributed by atoms with Gasteiger partial charge in [-0.3, -0.25) is 9.78 Å². The molecule has 2 aromatic carbocycles. The van der Waals surface area contributed by atoms with Crippen LogP contribution in [0.3, 0.4) is 0 Å². The van der Waals surface area contributed by atoms with E-state index in [0.717, 1.165) is 21.4 Å². The lowest BCUT2D eigenvalue weighted by atomic mass is 10.2. The number of thioether (sulfide) groups is 1. The van der Waals surface area contributed by atoms with Gasteiger partial charge in [0.15, 0.2) is 11.5 Å². The number of rotatable bonds is 5. The molecule has 7 heteroatoms. The fraction of sp³-hybridized carbons (Fsp3) is 0.105. The topological polar surface area (TPSA) is 72.8 Å². The van der Waals surface area contributed by atoms with Crippen molar-refractivity contribution >= 4 is 34.8 Å². The molecule has 0 saturated carbocycles. The van der Waals surface area contributed by atoms with Crippen molar-refractivity contribution in [1.82, 2.24) is 10.4 Å². The van der Waals surface area contributed by atoms with Gasteiger partial charge in [0.1, 0.15) is 0 Å². The molecule has 2 heterocycles. The van der Waals surface area contributed by atoms with Crippen LogP contribution >= 0.6 is 11.8 Å². The molecule has 0 unspecified atom stereocenters. The van der Waals surface area contributed by atoms with E-state index >= 15 is 0 Å². The Morgan fingerprint density at radius 3 is 3.04 bits per heavy atom. The summed E-state index contributed by atoms with van der Waals surface area (Å²) in [6.45, 7) is 0.229. The smallest absolute Gasteiger partial charge is 0.250 e. The van der Waals surface area contributed by atoms with Crippen molar-refractivity contribution in [3.05, 3.63) is 60.3 Å². The molecule has 0 bridgehead atoms. The van der Waals surface area contributed by atoms with Gasteiger partial charge in [0, 0.05) is 16.5 Å². The number of fused-ring (bicyclic) bond motifs is 2. The second-order valence-electron chi connectivity index (χ2n) is 5.53. The predicted molar refractivity (Wildman–Crippen MR) is 101 cm³/mol. The number of amides is 1. The summed E-state index contributed by atoms with van der Waals surface area (Å²) in [6, 6.07) is 15.3. The lowest BCUT2D eigenvalue weighted by molar-refractivity contribution is -0.118. The standard InChI is InChI=1S/C19H15N3O3S/c23-18(11-26-17-5-1-3-14-4-2-8-20-19(14)17)22-21-10-13-6-7-15-16(9-13)25-12-24-15/h1-10H,11-12H2,(H,22,23). The first-order valence-electron chi connectivity index (χ1n) is 7.98. The molecular weight excluding hydrogens is 350 g/mol. The zero-order valence-electron chi connectivity index (χ0n) is 13.7. The zero-order chi connectivity index (χ0) is 17.8. The van der Waals surface area contributed by atoms with Gasteiger partial charge in [0.05, 0.1) is 17.5 Å². The van der Waals surface area contributed by atoms with Gasteiger partial charge in [-0.1, -0.05) is 18.2 Å². The Morgan fingerprint density at radius 2 is 2.08 bits per heavy atom. The fourth-order valence-corrected chi connectivity index (χ4v) is 3.37. The van der Waals surface area contributed by atoms with Gasteiger partial charge in [-0.25, -0.2) is 5.43 Å². The van der Waals surface area contributed by atoms with Crippen molar-refractivity contribution in [2.45, 2.75) is 4.90 Å². The number of hydrazone groups is 1. The number of hydrogen-bond donors (Lipinski definition) is 1.